The Kier molecular flexibility index (Phi) is 8.60. The van der Waals surface area contributed by atoms with E-state index in [1.165, 1.54) is 20.2 Å². The fraction of sp³-hybridized carbons (Fsp3) is 0. The second-order valence-corrected chi connectivity index (χ2v) is 17.4. The summed E-state index contributed by atoms with van der Waals surface area (Å²) < 4.78 is 2.44. The predicted molar refractivity (Wildman–Crippen MR) is 269 cm³/mol. The van der Waals surface area contributed by atoms with E-state index < -0.39 is 0 Å². The van der Waals surface area contributed by atoms with Gasteiger partial charge in [-0.15, -0.1) is 11.3 Å². The van der Waals surface area contributed by atoms with Gasteiger partial charge in [-0.25, -0.2) is 15.0 Å². The fourth-order valence-corrected chi connectivity index (χ4v) is 10.6. The third kappa shape index (κ3) is 6.40. The van der Waals surface area contributed by atoms with Crippen LogP contribution in [0.25, 0.3) is 131 Å². The summed E-state index contributed by atoms with van der Waals surface area (Å²) in [6.07, 6.45) is 7.41. The van der Waals surface area contributed by atoms with Crippen molar-refractivity contribution in [3.8, 4) is 67.5 Å². The van der Waals surface area contributed by atoms with Crippen LogP contribution < -0.4 is 0 Å². The van der Waals surface area contributed by atoms with Gasteiger partial charge >= 0.3 is 0 Å². The molecule has 0 saturated carbocycles. The molecule has 5 aromatic heterocycles. The van der Waals surface area contributed by atoms with E-state index in [4.69, 9.17) is 24.9 Å². The van der Waals surface area contributed by atoms with Crippen LogP contribution in [0.3, 0.4) is 0 Å². The third-order valence-electron chi connectivity index (χ3n) is 12.4. The van der Waals surface area contributed by atoms with Crippen molar-refractivity contribution in [2.45, 2.75) is 0 Å². The third-order valence-corrected chi connectivity index (χ3v) is 13.6. The van der Waals surface area contributed by atoms with Crippen LogP contribution in [0.2, 0.25) is 0 Å². The maximum atomic E-state index is 5.39. The number of hydrogen-bond acceptors (Lipinski definition) is 7. The molecule has 0 aliphatic heterocycles. The van der Waals surface area contributed by atoms with Crippen LogP contribution in [0.5, 0.6) is 0 Å². The van der Waals surface area contributed by atoms with Crippen LogP contribution in [0.4, 0.5) is 0 Å². The topological polar surface area (TPSA) is 77.3 Å². The molecule has 13 aromatic rings. The number of aromatic nitrogens is 6. The molecule has 0 bridgehead atoms. The molecular weight excluding hydrogens is 813 g/mol. The Bertz CT molecular complexity index is 3770. The molecular formula is C58H34N6S. The van der Waals surface area contributed by atoms with Gasteiger partial charge in [0, 0.05) is 72.4 Å². The molecule has 0 fully saturated rings. The molecule has 8 aromatic carbocycles. The van der Waals surface area contributed by atoms with E-state index >= 15 is 0 Å². The van der Waals surface area contributed by atoms with Gasteiger partial charge in [0.05, 0.1) is 11.0 Å². The van der Waals surface area contributed by atoms with Crippen molar-refractivity contribution in [1.82, 2.24) is 29.9 Å². The highest BCUT2D eigenvalue weighted by Crippen LogP contribution is 2.43. The van der Waals surface area contributed by atoms with Crippen molar-refractivity contribution < 1.29 is 0 Å². The molecule has 0 N–H and O–H groups in total. The SMILES string of the molecule is c1cncc(-c2ccc(-c3nc(-c4cc(-c5c6ccccc6cc6ncccc56)cc(-c5c6ccccc6cc6ncccc56)c4)nc(-c4ccc5c(c4)sc4ccccc45)n3)cc2)c1. The zero-order valence-corrected chi connectivity index (χ0v) is 35.5. The molecule has 0 unspecified atom stereocenters. The molecule has 0 radical (unpaired) electrons. The van der Waals surface area contributed by atoms with E-state index in [1.807, 2.05) is 36.8 Å². The zero-order valence-electron chi connectivity index (χ0n) is 34.7. The van der Waals surface area contributed by atoms with E-state index in [9.17, 15) is 0 Å². The molecule has 0 spiro atoms. The maximum Gasteiger partial charge on any atom is 0.164 e. The standard InChI is InChI=1S/C58H34N6S/c1-3-13-44-37(10-1)31-50-48(16-8-26-60-50)54(44)41-28-42(55-45-14-4-2-11-38(45)32-51-49(55)17-9-27-61-51)30-43(29-41)58-63-56(36-21-19-35(20-22-36)40-12-7-25-59-34-40)62-57(64-58)39-23-24-47-46-15-5-6-18-52(46)65-53(47)33-39/h1-34H. The lowest BCUT2D eigenvalue weighted by atomic mass is 9.88. The highest BCUT2D eigenvalue weighted by Gasteiger charge is 2.20. The minimum Gasteiger partial charge on any atom is -0.264 e. The lowest BCUT2D eigenvalue weighted by molar-refractivity contribution is 1.07. The lowest BCUT2D eigenvalue weighted by Gasteiger charge is -2.17. The van der Waals surface area contributed by atoms with Gasteiger partial charge in [0.1, 0.15) is 0 Å². The molecule has 0 aliphatic rings. The summed E-state index contributed by atoms with van der Waals surface area (Å²) in [5.74, 6) is 1.77. The fourth-order valence-electron chi connectivity index (χ4n) is 9.41. The second kappa shape index (κ2) is 15.1. The molecule has 0 aliphatic carbocycles. The first-order chi connectivity index (χ1) is 32.2. The lowest BCUT2D eigenvalue weighted by Crippen LogP contribution is -2.01. The Morgan fingerprint density at radius 3 is 1.46 bits per heavy atom. The van der Waals surface area contributed by atoms with Crippen LogP contribution in [0.1, 0.15) is 0 Å². The molecule has 6 nitrogen and oxygen atoms in total. The summed E-state index contributed by atoms with van der Waals surface area (Å²) in [5, 5.41) is 9.14. The highest BCUT2D eigenvalue weighted by molar-refractivity contribution is 7.25. The van der Waals surface area contributed by atoms with E-state index in [-0.39, 0.29) is 0 Å². The summed E-state index contributed by atoms with van der Waals surface area (Å²) in [6, 6.07) is 64.3. The first kappa shape index (κ1) is 37.1. The normalized spacial score (nSPS) is 11.7. The van der Waals surface area contributed by atoms with Gasteiger partial charge in [0.2, 0.25) is 0 Å². The van der Waals surface area contributed by atoms with Crippen molar-refractivity contribution in [2.24, 2.45) is 0 Å². The number of thiophene rings is 1. The van der Waals surface area contributed by atoms with Crippen molar-refractivity contribution in [1.29, 1.82) is 0 Å². The summed E-state index contributed by atoms with van der Waals surface area (Å²) in [6.45, 7) is 0. The maximum absolute atomic E-state index is 5.39. The van der Waals surface area contributed by atoms with E-state index in [0.29, 0.717) is 17.5 Å². The van der Waals surface area contributed by atoms with Crippen molar-refractivity contribution in [3.63, 3.8) is 0 Å². The molecule has 13 rings (SSSR count). The van der Waals surface area contributed by atoms with Crippen molar-refractivity contribution in [2.75, 3.05) is 0 Å². The molecule has 7 heteroatoms. The molecule has 0 amide bonds. The highest BCUT2D eigenvalue weighted by atomic mass is 32.1. The monoisotopic (exact) mass is 846 g/mol. The number of pyridine rings is 3. The van der Waals surface area contributed by atoms with Crippen molar-refractivity contribution >= 4 is 74.9 Å². The van der Waals surface area contributed by atoms with Gasteiger partial charge in [-0.2, -0.15) is 0 Å². The number of hydrogen-bond donors (Lipinski definition) is 0. The first-order valence-corrected chi connectivity index (χ1v) is 22.4. The van der Waals surface area contributed by atoms with Crippen LogP contribution in [-0.4, -0.2) is 29.9 Å². The predicted octanol–water partition coefficient (Wildman–Crippen LogP) is 15.0. The van der Waals surface area contributed by atoms with Gasteiger partial charge in [0.25, 0.3) is 0 Å². The van der Waals surface area contributed by atoms with Gasteiger partial charge < -0.3 is 0 Å². The van der Waals surface area contributed by atoms with Gasteiger partial charge in [-0.05, 0) is 116 Å². The number of fused-ring (bicyclic) bond motifs is 7. The minimum atomic E-state index is 0.575. The first-order valence-electron chi connectivity index (χ1n) is 21.6. The Labute approximate surface area is 377 Å². The molecule has 0 saturated heterocycles. The van der Waals surface area contributed by atoms with Gasteiger partial charge in [-0.1, -0.05) is 121 Å². The summed E-state index contributed by atoms with van der Waals surface area (Å²) in [4.78, 5) is 30.1. The number of benzene rings is 8. The average Bonchev–Trinajstić information content (AvgIpc) is 3.75. The Balaban J connectivity index is 1.10. The average molecular weight is 847 g/mol. The summed E-state index contributed by atoms with van der Waals surface area (Å²) in [5.41, 5.74) is 10.9. The van der Waals surface area contributed by atoms with E-state index in [1.54, 1.807) is 17.5 Å². The molecule has 302 valence electrons. The van der Waals surface area contributed by atoms with Crippen LogP contribution in [0.15, 0.2) is 207 Å². The van der Waals surface area contributed by atoms with Gasteiger partial charge in [-0.3, -0.25) is 15.0 Å². The van der Waals surface area contributed by atoms with E-state index in [2.05, 4.69) is 169 Å². The molecule has 65 heavy (non-hydrogen) atoms. The minimum absolute atomic E-state index is 0.575. The van der Waals surface area contributed by atoms with Crippen LogP contribution in [0, 0.1) is 0 Å². The summed E-state index contributed by atoms with van der Waals surface area (Å²) in [7, 11) is 0. The van der Waals surface area contributed by atoms with Crippen LogP contribution in [-0.2, 0) is 0 Å². The zero-order chi connectivity index (χ0) is 42.8. The Morgan fingerprint density at radius 1 is 0.308 bits per heavy atom. The van der Waals surface area contributed by atoms with Crippen LogP contribution >= 0.6 is 11.3 Å². The number of rotatable bonds is 6. The molecule has 5 heterocycles. The molecule has 0 atom stereocenters. The Hall–Kier alpha value is -8.52. The van der Waals surface area contributed by atoms with Gasteiger partial charge in [0.15, 0.2) is 17.5 Å². The second-order valence-electron chi connectivity index (χ2n) is 16.3. The Morgan fingerprint density at radius 2 is 0.815 bits per heavy atom. The van der Waals surface area contributed by atoms with E-state index in [0.717, 1.165) is 93.4 Å². The summed E-state index contributed by atoms with van der Waals surface area (Å²) >= 11 is 1.79. The number of nitrogens with zero attached hydrogens (tertiary/aromatic N) is 6. The largest absolute Gasteiger partial charge is 0.264 e. The smallest absolute Gasteiger partial charge is 0.164 e. The van der Waals surface area contributed by atoms with Crippen molar-refractivity contribution in [3.05, 3.63) is 207 Å². The quantitative estimate of drug-likeness (QED) is 0.155.